The Morgan fingerprint density at radius 2 is 1.74 bits per heavy atom. The van der Waals surface area contributed by atoms with Crippen LogP contribution >= 0.6 is 11.6 Å². The number of anilines is 1. The van der Waals surface area contributed by atoms with Crippen LogP contribution in [0.4, 0.5) is 19.3 Å². The summed E-state index contributed by atoms with van der Waals surface area (Å²) in [5.41, 5.74) is 1.18. The van der Waals surface area contributed by atoms with E-state index in [1.807, 2.05) is 13.8 Å². The molecule has 2 aromatic carbocycles. The molecule has 4 nitrogen and oxygen atoms in total. The Labute approximate surface area is 137 Å². The summed E-state index contributed by atoms with van der Waals surface area (Å²) in [6.45, 7) is 3.51. The number of carbonyl (C=O) groups excluding carboxylic acids is 1. The van der Waals surface area contributed by atoms with Gasteiger partial charge in [0.25, 0.3) is 0 Å². The maximum absolute atomic E-state index is 13.4. The van der Waals surface area contributed by atoms with E-state index < -0.39 is 23.4 Å². The summed E-state index contributed by atoms with van der Waals surface area (Å²) in [5, 5.41) is 5.10. The number of carbonyl (C=O) groups is 1. The first-order chi connectivity index (χ1) is 10.9. The summed E-state index contributed by atoms with van der Waals surface area (Å²) in [6.07, 6.45) is 0. The SMILES string of the molecule is Cc1cc(OCNC(=O)Nc2c(F)cccc2F)cc(C)c1Cl. The zero-order valence-corrected chi connectivity index (χ0v) is 13.3. The van der Waals surface area contributed by atoms with Crippen molar-refractivity contribution in [1.82, 2.24) is 5.32 Å². The molecule has 0 aliphatic rings. The summed E-state index contributed by atoms with van der Waals surface area (Å²) < 4.78 is 32.2. The van der Waals surface area contributed by atoms with Crippen molar-refractivity contribution in [1.29, 1.82) is 0 Å². The molecular formula is C16H15ClF2N2O2. The molecule has 2 aromatic rings. The molecule has 0 heterocycles. The van der Waals surface area contributed by atoms with Gasteiger partial charge in [0.2, 0.25) is 0 Å². The predicted octanol–water partition coefficient (Wildman–Crippen LogP) is 4.39. The van der Waals surface area contributed by atoms with Crippen LogP contribution in [-0.2, 0) is 0 Å². The van der Waals surface area contributed by atoms with E-state index in [0.29, 0.717) is 10.8 Å². The molecule has 122 valence electrons. The van der Waals surface area contributed by atoms with Crippen molar-refractivity contribution >= 4 is 23.3 Å². The minimum atomic E-state index is -0.856. The highest BCUT2D eigenvalue weighted by atomic mass is 35.5. The summed E-state index contributed by atoms with van der Waals surface area (Å²) >= 11 is 6.05. The van der Waals surface area contributed by atoms with Gasteiger partial charge in [0.05, 0.1) is 0 Å². The second-order valence-electron chi connectivity index (χ2n) is 4.89. The lowest BCUT2D eigenvalue weighted by Crippen LogP contribution is -2.32. The second kappa shape index (κ2) is 7.28. The highest BCUT2D eigenvalue weighted by Gasteiger charge is 2.11. The standard InChI is InChI=1S/C16H15ClF2N2O2/c1-9-6-11(7-10(2)14(9)17)23-8-20-16(22)21-15-12(18)4-3-5-13(15)19/h3-7H,8H2,1-2H3,(H2,20,21,22). The lowest BCUT2D eigenvalue weighted by molar-refractivity contribution is 0.234. The molecule has 0 unspecified atom stereocenters. The van der Waals surface area contributed by atoms with Crippen molar-refractivity contribution in [3.05, 3.63) is 58.1 Å². The number of benzene rings is 2. The van der Waals surface area contributed by atoms with Crippen molar-refractivity contribution in [2.75, 3.05) is 12.0 Å². The lowest BCUT2D eigenvalue weighted by Gasteiger charge is -2.12. The predicted molar refractivity (Wildman–Crippen MR) is 84.9 cm³/mol. The maximum Gasteiger partial charge on any atom is 0.322 e. The smallest absolute Gasteiger partial charge is 0.322 e. The van der Waals surface area contributed by atoms with Gasteiger partial charge in [0.15, 0.2) is 6.73 Å². The molecule has 0 radical (unpaired) electrons. The molecule has 0 saturated heterocycles. The molecule has 0 fully saturated rings. The highest BCUT2D eigenvalue weighted by Crippen LogP contribution is 2.25. The van der Waals surface area contributed by atoms with Crippen LogP contribution in [0.15, 0.2) is 30.3 Å². The van der Waals surface area contributed by atoms with Crippen LogP contribution in [0, 0.1) is 25.5 Å². The van der Waals surface area contributed by atoms with E-state index in [1.54, 1.807) is 12.1 Å². The summed E-state index contributed by atoms with van der Waals surface area (Å²) in [4.78, 5) is 11.6. The molecule has 0 atom stereocenters. The van der Waals surface area contributed by atoms with Crippen LogP contribution in [0.2, 0.25) is 5.02 Å². The zero-order chi connectivity index (χ0) is 17.0. The summed E-state index contributed by atoms with van der Waals surface area (Å²) in [7, 11) is 0. The van der Waals surface area contributed by atoms with Crippen LogP contribution in [0.5, 0.6) is 5.75 Å². The molecule has 0 bridgehead atoms. The third-order valence-electron chi connectivity index (χ3n) is 3.08. The number of aryl methyl sites for hydroxylation is 2. The average Bonchev–Trinajstić information content (AvgIpc) is 2.48. The Kier molecular flexibility index (Phi) is 5.39. The molecule has 0 saturated carbocycles. The molecule has 0 aliphatic carbocycles. The van der Waals surface area contributed by atoms with Crippen LogP contribution in [0.25, 0.3) is 0 Å². The molecule has 0 aliphatic heterocycles. The molecule has 0 aromatic heterocycles. The molecule has 2 amide bonds. The van der Waals surface area contributed by atoms with Gasteiger partial charge >= 0.3 is 6.03 Å². The third-order valence-corrected chi connectivity index (χ3v) is 3.68. The largest absolute Gasteiger partial charge is 0.473 e. The van der Waals surface area contributed by atoms with E-state index in [0.717, 1.165) is 23.3 Å². The van der Waals surface area contributed by atoms with Gasteiger partial charge in [-0.2, -0.15) is 0 Å². The molecule has 2 N–H and O–H groups in total. The monoisotopic (exact) mass is 340 g/mol. The van der Waals surface area contributed by atoms with E-state index in [4.69, 9.17) is 16.3 Å². The average molecular weight is 341 g/mol. The minimum absolute atomic E-state index is 0.164. The van der Waals surface area contributed by atoms with Gasteiger partial charge in [-0.05, 0) is 49.2 Å². The third kappa shape index (κ3) is 4.32. The van der Waals surface area contributed by atoms with Crippen molar-refractivity contribution < 1.29 is 18.3 Å². The Bertz CT molecular complexity index is 695. The van der Waals surface area contributed by atoms with Crippen LogP contribution < -0.4 is 15.4 Å². The first kappa shape index (κ1) is 17.0. The fourth-order valence-corrected chi connectivity index (χ4v) is 2.06. The Morgan fingerprint density at radius 3 is 2.30 bits per heavy atom. The summed E-state index contributed by atoms with van der Waals surface area (Å²) in [5.74, 6) is -1.18. The van der Waals surface area contributed by atoms with Crippen molar-refractivity contribution in [2.45, 2.75) is 13.8 Å². The van der Waals surface area contributed by atoms with Crippen LogP contribution in [-0.4, -0.2) is 12.8 Å². The molecular weight excluding hydrogens is 326 g/mol. The van der Waals surface area contributed by atoms with Gasteiger partial charge in [-0.25, -0.2) is 13.6 Å². The van der Waals surface area contributed by atoms with Crippen molar-refractivity contribution in [2.24, 2.45) is 0 Å². The number of urea groups is 1. The van der Waals surface area contributed by atoms with Crippen LogP contribution in [0.3, 0.4) is 0 Å². The lowest BCUT2D eigenvalue weighted by atomic mass is 10.1. The van der Waals surface area contributed by atoms with Gasteiger partial charge in [-0.15, -0.1) is 0 Å². The van der Waals surface area contributed by atoms with Crippen molar-refractivity contribution in [3.8, 4) is 5.75 Å². The van der Waals surface area contributed by atoms with Crippen molar-refractivity contribution in [3.63, 3.8) is 0 Å². The first-order valence-electron chi connectivity index (χ1n) is 6.77. The zero-order valence-electron chi connectivity index (χ0n) is 12.5. The molecule has 7 heteroatoms. The van der Waals surface area contributed by atoms with E-state index in [-0.39, 0.29) is 6.73 Å². The van der Waals surface area contributed by atoms with Gasteiger partial charge in [0.1, 0.15) is 23.1 Å². The highest BCUT2D eigenvalue weighted by molar-refractivity contribution is 6.32. The molecule has 0 spiro atoms. The minimum Gasteiger partial charge on any atom is -0.473 e. The first-order valence-corrected chi connectivity index (χ1v) is 7.14. The number of nitrogens with one attached hydrogen (secondary N) is 2. The van der Waals surface area contributed by atoms with E-state index in [2.05, 4.69) is 10.6 Å². The van der Waals surface area contributed by atoms with E-state index in [1.165, 1.54) is 6.07 Å². The number of rotatable bonds is 4. The van der Waals surface area contributed by atoms with Gasteiger partial charge in [-0.3, -0.25) is 0 Å². The normalized spacial score (nSPS) is 10.3. The topological polar surface area (TPSA) is 50.4 Å². The maximum atomic E-state index is 13.4. The Balaban J connectivity index is 1.90. The molecule has 23 heavy (non-hydrogen) atoms. The fourth-order valence-electron chi connectivity index (χ4n) is 1.95. The number of hydrogen-bond donors (Lipinski definition) is 2. The number of ether oxygens (including phenoxy) is 1. The quantitative estimate of drug-likeness (QED) is 0.811. The second-order valence-corrected chi connectivity index (χ2v) is 5.27. The number of hydrogen-bond acceptors (Lipinski definition) is 2. The van der Waals surface area contributed by atoms with Gasteiger partial charge in [0, 0.05) is 5.02 Å². The fraction of sp³-hybridized carbons (Fsp3) is 0.188. The Morgan fingerprint density at radius 1 is 1.17 bits per heavy atom. The van der Waals surface area contributed by atoms with E-state index >= 15 is 0 Å². The van der Waals surface area contributed by atoms with E-state index in [9.17, 15) is 13.6 Å². The van der Waals surface area contributed by atoms with Gasteiger partial charge in [-0.1, -0.05) is 17.7 Å². The number of halogens is 3. The number of para-hydroxylation sites is 1. The number of amides is 2. The summed E-state index contributed by atoms with van der Waals surface area (Å²) in [6, 6.07) is 5.98. The van der Waals surface area contributed by atoms with Crippen LogP contribution in [0.1, 0.15) is 11.1 Å². The Hall–Kier alpha value is -2.34. The van der Waals surface area contributed by atoms with Gasteiger partial charge < -0.3 is 15.4 Å². The molecule has 2 rings (SSSR count).